The Balaban J connectivity index is 1.60. The van der Waals surface area contributed by atoms with Gasteiger partial charge in [0, 0.05) is 11.9 Å². The number of thiophene rings is 1. The maximum absolute atomic E-state index is 12.2. The van der Waals surface area contributed by atoms with E-state index in [0.717, 1.165) is 30.4 Å². The smallest absolute Gasteiger partial charge is 0.234 e. The first kappa shape index (κ1) is 16.5. The van der Waals surface area contributed by atoms with Gasteiger partial charge in [-0.15, -0.1) is 21.5 Å². The summed E-state index contributed by atoms with van der Waals surface area (Å²) >= 11 is 3.25. The van der Waals surface area contributed by atoms with E-state index in [2.05, 4.69) is 20.4 Å². The highest BCUT2D eigenvalue weighted by Gasteiger charge is 2.31. The van der Waals surface area contributed by atoms with Gasteiger partial charge >= 0.3 is 0 Å². The maximum Gasteiger partial charge on any atom is 0.234 e. The van der Waals surface area contributed by atoms with E-state index in [1.807, 2.05) is 35.4 Å². The Morgan fingerprint density at radius 1 is 1.52 bits per heavy atom. The lowest BCUT2D eigenvalue weighted by atomic mass is 10.2. The monoisotopic (exact) mass is 351 g/mol. The summed E-state index contributed by atoms with van der Waals surface area (Å²) in [7, 11) is 1.99. The highest BCUT2D eigenvalue weighted by Crippen LogP contribution is 2.31. The minimum Gasteiger partial charge on any atom is -0.350 e. The van der Waals surface area contributed by atoms with E-state index in [-0.39, 0.29) is 11.9 Å². The highest BCUT2D eigenvalue weighted by molar-refractivity contribution is 7.98. The lowest BCUT2D eigenvalue weighted by molar-refractivity contribution is -0.122. The van der Waals surface area contributed by atoms with Crippen LogP contribution in [0.5, 0.6) is 0 Å². The Bertz CT molecular complexity index is 655. The molecule has 0 spiro atoms. The van der Waals surface area contributed by atoms with Crippen molar-refractivity contribution in [1.82, 2.24) is 25.0 Å². The molecular formula is C15H21N5OS2. The van der Waals surface area contributed by atoms with Crippen molar-refractivity contribution >= 4 is 29.0 Å². The number of hydrogen-bond acceptors (Lipinski definition) is 6. The van der Waals surface area contributed by atoms with Gasteiger partial charge in [-0.3, -0.25) is 9.69 Å². The molecule has 3 heterocycles. The maximum atomic E-state index is 12.2. The molecule has 2 aromatic heterocycles. The highest BCUT2D eigenvalue weighted by atomic mass is 32.2. The Labute approximate surface area is 144 Å². The molecule has 124 valence electrons. The van der Waals surface area contributed by atoms with Crippen molar-refractivity contribution < 1.29 is 4.79 Å². The molecule has 1 amide bonds. The zero-order chi connectivity index (χ0) is 16.2. The average molecular weight is 352 g/mol. The fourth-order valence-electron chi connectivity index (χ4n) is 2.94. The summed E-state index contributed by atoms with van der Waals surface area (Å²) in [4.78, 5) is 15.6. The average Bonchev–Trinajstić information content (AvgIpc) is 3.26. The van der Waals surface area contributed by atoms with Crippen LogP contribution < -0.4 is 5.32 Å². The Morgan fingerprint density at radius 2 is 2.39 bits per heavy atom. The van der Waals surface area contributed by atoms with E-state index in [4.69, 9.17) is 0 Å². The largest absolute Gasteiger partial charge is 0.350 e. The first-order chi connectivity index (χ1) is 11.2. The minimum atomic E-state index is 0.0672. The second-order valence-electron chi connectivity index (χ2n) is 5.59. The third-order valence-corrected chi connectivity index (χ3v) is 5.70. The molecule has 6 nitrogen and oxygen atoms in total. The van der Waals surface area contributed by atoms with Gasteiger partial charge in [0.25, 0.3) is 0 Å². The zero-order valence-corrected chi connectivity index (χ0v) is 15.0. The summed E-state index contributed by atoms with van der Waals surface area (Å²) in [5.74, 6) is 1.02. The van der Waals surface area contributed by atoms with Gasteiger partial charge in [0.1, 0.15) is 0 Å². The lowest BCUT2D eigenvalue weighted by Crippen LogP contribution is -2.37. The van der Waals surface area contributed by atoms with Gasteiger partial charge in [0.15, 0.2) is 11.0 Å². The Morgan fingerprint density at radius 3 is 3.09 bits per heavy atom. The van der Waals surface area contributed by atoms with Crippen LogP contribution >= 0.6 is 23.1 Å². The molecule has 1 aliphatic rings. The number of likely N-dealkylation sites (tertiary alicyclic amines) is 1. The molecule has 2 aromatic rings. The van der Waals surface area contributed by atoms with Crippen LogP contribution in [-0.4, -0.2) is 44.9 Å². The van der Waals surface area contributed by atoms with E-state index in [1.165, 1.54) is 4.88 Å². The molecule has 0 unspecified atom stereocenters. The lowest BCUT2D eigenvalue weighted by Gasteiger charge is -2.23. The van der Waals surface area contributed by atoms with Crippen LogP contribution in [-0.2, 0) is 18.4 Å². The molecule has 3 rings (SSSR count). The fourth-order valence-corrected chi connectivity index (χ4v) is 4.08. The quantitative estimate of drug-likeness (QED) is 0.807. The van der Waals surface area contributed by atoms with E-state index < -0.39 is 0 Å². The molecule has 1 aliphatic heterocycles. The number of carbonyl (C=O) groups excluding carboxylic acids is 1. The first-order valence-corrected chi connectivity index (χ1v) is 9.76. The van der Waals surface area contributed by atoms with E-state index in [1.54, 1.807) is 23.1 Å². The van der Waals surface area contributed by atoms with Gasteiger partial charge in [0.05, 0.1) is 19.1 Å². The standard InChI is InChI=1S/C15H21N5OS2/c1-19-14(17-18-15(19)22-2)12-6-3-7-20(12)10-13(21)16-9-11-5-4-8-23-11/h4-5,8,12H,3,6-7,9-10H2,1-2H3,(H,16,21)/t12-/m0/s1. The van der Waals surface area contributed by atoms with Crippen LogP contribution in [0.4, 0.5) is 0 Å². The molecule has 0 saturated carbocycles. The number of carbonyl (C=O) groups is 1. The molecule has 1 N–H and O–H groups in total. The van der Waals surface area contributed by atoms with Crippen LogP contribution in [0.15, 0.2) is 22.7 Å². The van der Waals surface area contributed by atoms with E-state index in [9.17, 15) is 4.79 Å². The SMILES string of the molecule is CSc1nnc([C@@H]2CCCN2CC(=O)NCc2cccs2)n1C. The van der Waals surface area contributed by atoms with Gasteiger partial charge in [0.2, 0.25) is 5.91 Å². The molecule has 0 radical (unpaired) electrons. The van der Waals surface area contributed by atoms with Gasteiger partial charge in [-0.1, -0.05) is 17.8 Å². The van der Waals surface area contributed by atoms with Gasteiger partial charge < -0.3 is 9.88 Å². The molecule has 1 saturated heterocycles. The van der Waals surface area contributed by atoms with Crippen molar-refractivity contribution in [2.24, 2.45) is 7.05 Å². The zero-order valence-electron chi connectivity index (χ0n) is 13.4. The predicted molar refractivity (Wildman–Crippen MR) is 92.5 cm³/mol. The molecular weight excluding hydrogens is 330 g/mol. The van der Waals surface area contributed by atoms with Crippen molar-refractivity contribution in [3.8, 4) is 0 Å². The Hall–Kier alpha value is -1.38. The van der Waals surface area contributed by atoms with Crippen LogP contribution in [0.25, 0.3) is 0 Å². The second-order valence-corrected chi connectivity index (χ2v) is 7.39. The molecule has 0 aliphatic carbocycles. The number of thioether (sulfide) groups is 1. The summed E-state index contributed by atoms with van der Waals surface area (Å²) < 4.78 is 2.04. The third-order valence-electron chi connectivity index (χ3n) is 4.10. The van der Waals surface area contributed by atoms with Gasteiger partial charge in [-0.2, -0.15) is 0 Å². The van der Waals surface area contributed by atoms with Crippen molar-refractivity contribution in [2.45, 2.75) is 30.6 Å². The number of aromatic nitrogens is 3. The predicted octanol–water partition coefficient (Wildman–Crippen LogP) is 2.05. The van der Waals surface area contributed by atoms with Crippen molar-refractivity contribution in [1.29, 1.82) is 0 Å². The van der Waals surface area contributed by atoms with Gasteiger partial charge in [-0.05, 0) is 37.1 Å². The molecule has 23 heavy (non-hydrogen) atoms. The van der Waals surface area contributed by atoms with Crippen LogP contribution in [0.1, 0.15) is 29.6 Å². The van der Waals surface area contributed by atoms with E-state index in [0.29, 0.717) is 13.1 Å². The fraction of sp³-hybridized carbons (Fsp3) is 0.533. The number of nitrogens with zero attached hydrogens (tertiary/aromatic N) is 4. The molecule has 0 aromatic carbocycles. The van der Waals surface area contributed by atoms with Crippen LogP contribution in [0, 0.1) is 0 Å². The molecule has 0 bridgehead atoms. The Kier molecular flexibility index (Phi) is 5.34. The second kappa shape index (κ2) is 7.46. The van der Waals surface area contributed by atoms with Gasteiger partial charge in [-0.25, -0.2) is 0 Å². The minimum absolute atomic E-state index is 0.0672. The third kappa shape index (κ3) is 3.76. The summed E-state index contributed by atoms with van der Waals surface area (Å²) in [5.41, 5.74) is 0. The first-order valence-electron chi connectivity index (χ1n) is 7.65. The number of rotatable bonds is 6. The van der Waals surface area contributed by atoms with Crippen LogP contribution in [0.2, 0.25) is 0 Å². The van der Waals surface area contributed by atoms with E-state index >= 15 is 0 Å². The summed E-state index contributed by atoms with van der Waals surface area (Å²) in [6.45, 7) is 1.95. The molecule has 1 atom stereocenters. The topological polar surface area (TPSA) is 63.1 Å². The molecule has 8 heteroatoms. The summed E-state index contributed by atoms with van der Waals surface area (Å²) in [6, 6.07) is 4.22. The van der Waals surface area contributed by atoms with Crippen molar-refractivity contribution in [3.05, 3.63) is 28.2 Å². The number of hydrogen-bond donors (Lipinski definition) is 1. The summed E-state index contributed by atoms with van der Waals surface area (Å²) in [5, 5.41) is 14.5. The number of nitrogens with one attached hydrogen (secondary N) is 1. The normalized spacial score (nSPS) is 18.4. The van der Waals surface area contributed by atoms with Crippen LogP contribution in [0.3, 0.4) is 0 Å². The molecule has 1 fully saturated rings. The number of amides is 1. The van der Waals surface area contributed by atoms with Crippen molar-refractivity contribution in [2.75, 3.05) is 19.3 Å². The summed E-state index contributed by atoms with van der Waals surface area (Å²) in [6.07, 6.45) is 4.11. The van der Waals surface area contributed by atoms with Crippen molar-refractivity contribution in [3.63, 3.8) is 0 Å².